The molecule has 12 N–H and O–H groups in total. The predicted octanol–water partition coefficient (Wildman–Crippen LogP) is -2.85. The first-order valence-electron chi connectivity index (χ1n) is 14.0. The van der Waals surface area contributed by atoms with Crippen LogP contribution >= 0.6 is 0 Å². The van der Waals surface area contributed by atoms with Crippen LogP contribution < -0.4 is 38.5 Å². The van der Waals surface area contributed by atoms with E-state index < -0.39 is 84.1 Å². The van der Waals surface area contributed by atoms with Gasteiger partial charge in [0, 0.05) is 12.8 Å². The van der Waals surface area contributed by atoms with Gasteiger partial charge in [-0.1, -0.05) is 44.2 Å². The van der Waals surface area contributed by atoms with Gasteiger partial charge in [0.2, 0.25) is 35.4 Å². The average Bonchev–Trinajstić information content (AvgIpc) is 2.92. The van der Waals surface area contributed by atoms with E-state index in [-0.39, 0.29) is 31.6 Å². The molecule has 1 aromatic rings. The van der Waals surface area contributed by atoms with E-state index in [1.165, 1.54) is 6.92 Å². The zero-order chi connectivity index (χ0) is 33.6. The molecule has 1 rings (SSSR count). The van der Waals surface area contributed by atoms with Crippen molar-refractivity contribution in [3.8, 4) is 0 Å². The highest BCUT2D eigenvalue weighted by Crippen LogP contribution is 2.09. The number of amides is 6. The number of aliphatic carboxylic acids is 1. The van der Waals surface area contributed by atoms with Crippen molar-refractivity contribution in [1.82, 2.24) is 21.3 Å². The van der Waals surface area contributed by atoms with Gasteiger partial charge in [-0.05, 0) is 31.2 Å². The number of carboxylic acids is 1. The van der Waals surface area contributed by atoms with E-state index >= 15 is 0 Å². The summed E-state index contributed by atoms with van der Waals surface area (Å²) in [6.45, 7) is 4.73. The number of hydrogen-bond donors (Lipinski definition) is 9. The van der Waals surface area contributed by atoms with Crippen LogP contribution in [0.3, 0.4) is 0 Å². The molecule has 0 aliphatic rings. The third-order valence-electron chi connectivity index (χ3n) is 6.37. The number of nitrogens with two attached hydrogens (primary N) is 3. The summed E-state index contributed by atoms with van der Waals surface area (Å²) in [5.41, 5.74) is 16.5. The van der Waals surface area contributed by atoms with Gasteiger partial charge in [0.25, 0.3) is 0 Å². The minimum absolute atomic E-state index is 0.0455. The summed E-state index contributed by atoms with van der Waals surface area (Å²) in [6.07, 6.45) is -2.52. The maximum Gasteiger partial charge on any atom is 0.326 e. The van der Waals surface area contributed by atoms with Gasteiger partial charge in [0.15, 0.2) is 0 Å². The fourth-order valence-corrected chi connectivity index (χ4v) is 4.09. The van der Waals surface area contributed by atoms with Crippen molar-refractivity contribution in [3.05, 3.63) is 35.9 Å². The Hall–Kier alpha value is -4.57. The van der Waals surface area contributed by atoms with Gasteiger partial charge in [0.1, 0.15) is 24.2 Å². The Morgan fingerprint density at radius 2 is 1.30 bits per heavy atom. The highest BCUT2D eigenvalue weighted by atomic mass is 16.4. The molecule has 0 heterocycles. The van der Waals surface area contributed by atoms with Gasteiger partial charge in [-0.3, -0.25) is 28.8 Å². The van der Waals surface area contributed by atoms with E-state index in [1.807, 2.05) is 0 Å². The molecule has 244 valence electrons. The summed E-state index contributed by atoms with van der Waals surface area (Å²) in [4.78, 5) is 86.2. The second-order valence-electron chi connectivity index (χ2n) is 10.8. The summed E-state index contributed by atoms with van der Waals surface area (Å²) in [7, 11) is 0. The number of primary amides is 2. The van der Waals surface area contributed by atoms with Crippen molar-refractivity contribution >= 4 is 41.4 Å². The van der Waals surface area contributed by atoms with Crippen molar-refractivity contribution in [1.29, 1.82) is 0 Å². The SMILES string of the molecule is CC(C)CC(NC(=O)C(NC(=O)C(Cc1ccccc1)NC(=O)C(N)CC(N)=O)C(C)O)C(=O)NC(CCC(N)=O)C(=O)O. The lowest BCUT2D eigenvalue weighted by Crippen LogP contribution is -2.61. The Balaban J connectivity index is 3.17. The molecular formula is C28H43N7O9. The molecule has 0 saturated heterocycles. The standard InChI is InChI=1S/C28H43N7O9/c1-14(2)11-19(25(40)32-18(28(43)44)9-10-21(30)37)34-27(42)23(15(3)36)35-26(41)20(12-16-7-5-4-6-8-16)33-24(39)17(29)13-22(31)38/h4-8,14-15,17-20,23,36H,9-13,29H2,1-3H3,(H2,30,37)(H2,31,38)(H,32,40)(H,33,39)(H,34,42)(H,35,41)(H,43,44). The number of carboxylic acid groups (broad SMARTS) is 1. The fourth-order valence-electron chi connectivity index (χ4n) is 4.09. The van der Waals surface area contributed by atoms with Crippen molar-refractivity contribution in [3.63, 3.8) is 0 Å². The maximum absolute atomic E-state index is 13.4. The van der Waals surface area contributed by atoms with Crippen molar-refractivity contribution in [2.75, 3.05) is 0 Å². The average molecular weight is 622 g/mol. The van der Waals surface area contributed by atoms with Crippen molar-refractivity contribution in [2.24, 2.45) is 23.1 Å². The molecule has 6 amide bonds. The zero-order valence-corrected chi connectivity index (χ0v) is 24.9. The Morgan fingerprint density at radius 1 is 0.750 bits per heavy atom. The molecule has 6 unspecified atom stereocenters. The molecule has 16 nitrogen and oxygen atoms in total. The van der Waals surface area contributed by atoms with Crippen molar-refractivity contribution in [2.45, 2.75) is 89.2 Å². The smallest absolute Gasteiger partial charge is 0.326 e. The minimum atomic E-state index is -1.61. The number of carbonyl (C=O) groups is 7. The van der Waals surface area contributed by atoms with E-state index in [2.05, 4.69) is 21.3 Å². The lowest BCUT2D eigenvalue weighted by atomic mass is 10.0. The van der Waals surface area contributed by atoms with Gasteiger partial charge in [0.05, 0.1) is 18.6 Å². The molecule has 0 saturated carbocycles. The first-order chi connectivity index (χ1) is 20.5. The quantitative estimate of drug-likeness (QED) is 0.0762. The first-order valence-corrected chi connectivity index (χ1v) is 14.0. The second kappa shape index (κ2) is 18.2. The molecule has 0 spiro atoms. The van der Waals surface area contributed by atoms with Crippen LogP contribution in [-0.2, 0) is 40.0 Å². The molecule has 16 heteroatoms. The Labute approximate surface area is 254 Å². The third kappa shape index (κ3) is 13.6. The molecule has 44 heavy (non-hydrogen) atoms. The number of hydrogen-bond acceptors (Lipinski definition) is 9. The largest absolute Gasteiger partial charge is 0.480 e. The maximum atomic E-state index is 13.4. The predicted molar refractivity (Wildman–Crippen MR) is 157 cm³/mol. The molecule has 0 radical (unpaired) electrons. The molecule has 6 atom stereocenters. The van der Waals surface area contributed by atoms with Gasteiger partial charge in [-0.25, -0.2) is 4.79 Å². The zero-order valence-electron chi connectivity index (χ0n) is 24.9. The molecule has 1 aromatic carbocycles. The number of aliphatic hydroxyl groups excluding tert-OH is 1. The first kappa shape index (κ1) is 37.5. The molecule has 0 aliphatic carbocycles. The summed E-state index contributed by atoms with van der Waals surface area (Å²) < 4.78 is 0. The lowest BCUT2D eigenvalue weighted by molar-refractivity contribution is -0.143. The summed E-state index contributed by atoms with van der Waals surface area (Å²) in [5, 5.41) is 29.4. The Morgan fingerprint density at radius 3 is 1.80 bits per heavy atom. The van der Waals surface area contributed by atoms with Gasteiger partial charge >= 0.3 is 5.97 Å². The van der Waals surface area contributed by atoms with Crippen LogP contribution in [0.5, 0.6) is 0 Å². The van der Waals surface area contributed by atoms with Gasteiger partial charge in [-0.2, -0.15) is 0 Å². The van der Waals surface area contributed by atoms with E-state index in [4.69, 9.17) is 17.2 Å². The second-order valence-corrected chi connectivity index (χ2v) is 10.8. The number of nitrogens with one attached hydrogen (secondary N) is 4. The fraction of sp³-hybridized carbons (Fsp3) is 0.536. The van der Waals surface area contributed by atoms with E-state index in [9.17, 15) is 43.8 Å². The van der Waals surface area contributed by atoms with E-state index in [0.717, 1.165) is 0 Å². The summed E-state index contributed by atoms with van der Waals surface area (Å²) >= 11 is 0. The van der Waals surface area contributed by atoms with E-state index in [1.54, 1.807) is 44.2 Å². The molecule has 0 aromatic heterocycles. The number of aliphatic hydroxyl groups is 1. The molecule has 0 aliphatic heterocycles. The monoisotopic (exact) mass is 621 g/mol. The molecule has 0 fully saturated rings. The van der Waals surface area contributed by atoms with Crippen LogP contribution in [0.4, 0.5) is 0 Å². The highest BCUT2D eigenvalue weighted by Gasteiger charge is 2.34. The Bertz CT molecular complexity index is 1180. The van der Waals surface area contributed by atoms with Crippen LogP contribution in [0.1, 0.15) is 52.0 Å². The van der Waals surface area contributed by atoms with Crippen molar-refractivity contribution < 1.29 is 43.8 Å². The van der Waals surface area contributed by atoms with Gasteiger partial charge in [-0.15, -0.1) is 0 Å². The number of rotatable bonds is 19. The third-order valence-corrected chi connectivity index (χ3v) is 6.37. The molecular weight excluding hydrogens is 578 g/mol. The topological polar surface area (TPSA) is 286 Å². The minimum Gasteiger partial charge on any atom is -0.480 e. The van der Waals surface area contributed by atoms with Crippen LogP contribution in [-0.4, -0.2) is 87.9 Å². The molecule has 0 bridgehead atoms. The normalized spacial score (nSPS) is 15.0. The van der Waals surface area contributed by atoms with Crippen LogP contribution in [0.2, 0.25) is 0 Å². The number of carbonyl (C=O) groups excluding carboxylic acids is 6. The summed E-state index contributed by atoms with van der Waals surface area (Å²) in [6, 6.07) is 1.56. The summed E-state index contributed by atoms with van der Waals surface area (Å²) in [5.74, 6) is -6.71. The Kier molecular flexibility index (Phi) is 15.5. The van der Waals surface area contributed by atoms with Crippen LogP contribution in [0, 0.1) is 5.92 Å². The lowest BCUT2D eigenvalue weighted by Gasteiger charge is -2.28. The highest BCUT2D eigenvalue weighted by molar-refractivity contribution is 5.96. The van der Waals surface area contributed by atoms with E-state index in [0.29, 0.717) is 5.56 Å². The number of benzene rings is 1. The van der Waals surface area contributed by atoms with Gasteiger partial charge < -0.3 is 48.7 Å². The van der Waals surface area contributed by atoms with Crippen LogP contribution in [0.25, 0.3) is 0 Å². The van der Waals surface area contributed by atoms with Crippen LogP contribution in [0.15, 0.2) is 30.3 Å².